The van der Waals surface area contributed by atoms with E-state index < -0.39 is 5.82 Å². The smallest absolute Gasteiger partial charge is 0.201 e. The molecule has 18 heavy (non-hydrogen) atoms. The molecule has 8 heteroatoms. The molecule has 0 aliphatic rings. The highest BCUT2D eigenvalue weighted by Gasteiger charge is 2.10. The molecule has 2 rings (SSSR count). The van der Waals surface area contributed by atoms with Gasteiger partial charge < -0.3 is 10.5 Å². The lowest BCUT2D eigenvalue weighted by Crippen LogP contribution is -2.14. The van der Waals surface area contributed by atoms with Gasteiger partial charge >= 0.3 is 0 Å². The summed E-state index contributed by atoms with van der Waals surface area (Å²) in [5.41, 5.74) is 0.402. The van der Waals surface area contributed by atoms with E-state index in [0.29, 0.717) is 5.69 Å². The Labute approximate surface area is 100 Å². The van der Waals surface area contributed by atoms with Crippen molar-refractivity contribution in [1.82, 2.24) is 10.3 Å². The molecule has 0 spiro atoms. The Morgan fingerprint density at radius 1 is 1.56 bits per heavy atom. The fraction of sp³-hybridized carbons (Fsp3) is 0. The highest BCUT2D eigenvalue weighted by atomic mass is 19.1. The predicted octanol–water partition coefficient (Wildman–Crippen LogP) is 1.33. The van der Waals surface area contributed by atoms with Crippen LogP contribution in [0.1, 0.15) is 11.3 Å². The maximum atomic E-state index is 13.1. The Kier molecular flexibility index (Phi) is 3.15. The van der Waals surface area contributed by atoms with Crippen LogP contribution in [-0.4, -0.2) is 21.4 Å². The van der Waals surface area contributed by atoms with Gasteiger partial charge in [0.15, 0.2) is 5.69 Å². The standard InChI is InChI=1S/C10H6FN5O2/c11-8-2-1-7(3-6(8)4-12)14-10(15-17)9-5-13-18-16-9/h1-3,5,17H,(H,14,15). The van der Waals surface area contributed by atoms with Crippen LogP contribution in [0.3, 0.4) is 0 Å². The van der Waals surface area contributed by atoms with E-state index in [2.05, 4.69) is 25.4 Å². The van der Waals surface area contributed by atoms with Crippen LogP contribution < -0.4 is 5.32 Å². The van der Waals surface area contributed by atoms with Gasteiger partial charge in [-0.15, -0.1) is 0 Å². The molecule has 0 radical (unpaired) electrons. The molecule has 2 N–H and O–H groups in total. The molecule has 1 aromatic heterocycles. The van der Waals surface area contributed by atoms with Crippen molar-refractivity contribution in [3.05, 3.63) is 41.5 Å². The third-order valence-electron chi connectivity index (χ3n) is 2.05. The van der Waals surface area contributed by atoms with Gasteiger partial charge in [0.05, 0.1) is 5.56 Å². The molecule has 0 unspecified atom stereocenters. The predicted molar refractivity (Wildman–Crippen MR) is 57.4 cm³/mol. The molecular formula is C10H6FN5O2. The van der Waals surface area contributed by atoms with Crippen LogP contribution in [0.25, 0.3) is 0 Å². The SMILES string of the molecule is N#Cc1cc(NC(=NO)c2cnon2)ccc1F. The van der Waals surface area contributed by atoms with Crippen LogP contribution in [-0.2, 0) is 0 Å². The monoisotopic (exact) mass is 247 g/mol. The number of nitrogens with zero attached hydrogens (tertiary/aromatic N) is 4. The molecule has 1 aromatic carbocycles. The number of oxime groups is 1. The van der Waals surface area contributed by atoms with Crippen LogP contribution in [0.5, 0.6) is 0 Å². The van der Waals surface area contributed by atoms with E-state index in [1.54, 1.807) is 6.07 Å². The summed E-state index contributed by atoms with van der Waals surface area (Å²) in [6.07, 6.45) is 1.23. The van der Waals surface area contributed by atoms with Crippen LogP contribution in [0.15, 0.2) is 34.2 Å². The topological polar surface area (TPSA) is 107 Å². The molecule has 0 saturated carbocycles. The van der Waals surface area contributed by atoms with E-state index in [9.17, 15) is 4.39 Å². The fourth-order valence-corrected chi connectivity index (χ4v) is 1.23. The quantitative estimate of drug-likeness (QED) is 0.358. The van der Waals surface area contributed by atoms with Crippen molar-refractivity contribution in [2.45, 2.75) is 0 Å². The number of nitrogens with one attached hydrogen (secondary N) is 1. The Morgan fingerprint density at radius 3 is 3.00 bits per heavy atom. The van der Waals surface area contributed by atoms with Crippen molar-refractivity contribution in [3.63, 3.8) is 0 Å². The van der Waals surface area contributed by atoms with E-state index in [-0.39, 0.29) is 17.1 Å². The lowest BCUT2D eigenvalue weighted by molar-refractivity contribution is 0.303. The van der Waals surface area contributed by atoms with E-state index in [1.165, 1.54) is 18.3 Å². The molecule has 2 aromatic rings. The third kappa shape index (κ3) is 2.25. The summed E-state index contributed by atoms with van der Waals surface area (Å²) in [4.78, 5) is 0. The molecular weight excluding hydrogens is 241 g/mol. The maximum absolute atomic E-state index is 13.1. The first-order chi connectivity index (χ1) is 8.74. The van der Waals surface area contributed by atoms with Gasteiger partial charge in [-0.3, -0.25) is 0 Å². The van der Waals surface area contributed by atoms with E-state index in [0.717, 1.165) is 6.07 Å². The zero-order valence-electron chi connectivity index (χ0n) is 8.83. The van der Waals surface area contributed by atoms with Gasteiger partial charge in [0.2, 0.25) is 5.84 Å². The van der Waals surface area contributed by atoms with Crippen molar-refractivity contribution in [2.24, 2.45) is 5.16 Å². The second-order valence-electron chi connectivity index (χ2n) is 3.17. The number of hydrogen-bond acceptors (Lipinski definition) is 6. The molecule has 0 fully saturated rings. The van der Waals surface area contributed by atoms with Crippen molar-refractivity contribution < 1.29 is 14.2 Å². The number of benzene rings is 1. The Hall–Kier alpha value is -2.95. The van der Waals surface area contributed by atoms with Crippen LogP contribution >= 0.6 is 0 Å². The van der Waals surface area contributed by atoms with Gasteiger partial charge in [-0.05, 0) is 23.4 Å². The fourth-order valence-electron chi connectivity index (χ4n) is 1.23. The van der Waals surface area contributed by atoms with E-state index >= 15 is 0 Å². The van der Waals surface area contributed by atoms with Gasteiger partial charge in [0, 0.05) is 5.69 Å². The molecule has 0 saturated heterocycles. The zero-order valence-corrected chi connectivity index (χ0v) is 8.83. The highest BCUT2D eigenvalue weighted by Crippen LogP contribution is 2.14. The number of amidine groups is 1. The number of aromatic nitrogens is 2. The molecule has 7 nitrogen and oxygen atoms in total. The molecule has 1 heterocycles. The third-order valence-corrected chi connectivity index (χ3v) is 2.05. The molecule has 0 atom stereocenters. The van der Waals surface area contributed by atoms with Crippen molar-refractivity contribution in [1.29, 1.82) is 5.26 Å². The summed E-state index contributed by atoms with van der Waals surface area (Å²) in [6, 6.07) is 5.48. The summed E-state index contributed by atoms with van der Waals surface area (Å²) in [6.45, 7) is 0. The second-order valence-corrected chi connectivity index (χ2v) is 3.17. The van der Waals surface area contributed by atoms with Gasteiger partial charge in [0.25, 0.3) is 0 Å². The minimum atomic E-state index is -0.631. The van der Waals surface area contributed by atoms with Crippen LogP contribution in [0.4, 0.5) is 10.1 Å². The van der Waals surface area contributed by atoms with Crippen molar-refractivity contribution in [2.75, 3.05) is 5.32 Å². The number of halogens is 1. The lowest BCUT2D eigenvalue weighted by atomic mass is 10.2. The first-order valence-corrected chi connectivity index (χ1v) is 4.71. The molecule has 0 aliphatic carbocycles. The van der Waals surface area contributed by atoms with Crippen LogP contribution in [0, 0.1) is 17.1 Å². The molecule has 0 bridgehead atoms. The normalized spacial score (nSPS) is 11.0. The summed E-state index contributed by atoms with van der Waals surface area (Å²) in [5, 5.41) is 29.9. The van der Waals surface area contributed by atoms with Gasteiger partial charge in [-0.2, -0.15) is 5.26 Å². The van der Waals surface area contributed by atoms with E-state index in [1.807, 2.05) is 0 Å². The zero-order chi connectivity index (χ0) is 13.0. The maximum Gasteiger partial charge on any atom is 0.201 e. The van der Waals surface area contributed by atoms with Gasteiger partial charge in [0.1, 0.15) is 18.1 Å². The minimum Gasteiger partial charge on any atom is -0.409 e. The Balaban J connectivity index is 2.27. The Morgan fingerprint density at radius 2 is 2.39 bits per heavy atom. The van der Waals surface area contributed by atoms with E-state index in [4.69, 9.17) is 10.5 Å². The summed E-state index contributed by atoms with van der Waals surface area (Å²) < 4.78 is 17.5. The average Bonchev–Trinajstić information content (AvgIpc) is 2.91. The minimum absolute atomic E-state index is 0.0354. The number of nitriles is 1. The Bertz CT molecular complexity index is 618. The largest absolute Gasteiger partial charge is 0.409 e. The van der Waals surface area contributed by atoms with Gasteiger partial charge in [-0.25, -0.2) is 9.02 Å². The van der Waals surface area contributed by atoms with Crippen molar-refractivity contribution in [3.8, 4) is 6.07 Å². The average molecular weight is 247 g/mol. The summed E-state index contributed by atoms with van der Waals surface area (Å²) >= 11 is 0. The summed E-state index contributed by atoms with van der Waals surface area (Å²) in [7, 11) is 0. The van der Waals surface area contributed by atoms with Crippen molar-refractivity contribution >= 4 is 11.5 Å². The van der Waals surface area contributed by atoms with Crippen LogP contribution in [0.2, 0.25) is 0 Å². The number of hydrogen-bond donors (Lipinski definition) is 2. The second kappa shape index (κ2) is 4.92. The number of rotatable bonds is 2. The number of anilines is 1. The lowest BCUT2D eigenvalue weighted by Gasteiger charge is -2.05. The first-order valence-electron chi connectivity index (χ1n) is 4.71. The summed E-state index contributed by atoms with van der Waals surface area (Å²) in [5.74, 6) is -0.666. The first kappa shape index (κ1) is 11.5. The van der Waals surface area contributed by atoms with Gasteiger partial charge in [-0.1, -0.05) is 10.3 Å². The molecule has 90 valence electrons. The molecule has 0 amide bonds. The highest BCUT2D eigenvalue weighted by molar-refractivity contribution is 6.06. The molecule has 0 aliphatic heterocycles.